The molecule has 3 aromatic rings. The smallest absolute Gasteiger partial charge is 0.256 e. The summed E-state index contributed by atoms with van der Waals surface area (Å²) in [4.78, 5) is 28.4. The molecule has 1 saturated carbocycles. The zero-order valence-corrected chi connectivity index (χ0v) is 16.3. The SMILES string of the molecule is Cc1ccsc1CN(C)C(=O)c1cc2ccccc2cc1NC(=O)C1CC1. The summed E-state index contributed by atoms with van der Waals surface area (Å²) in [7, 11) is 1.81. The van der Waals surface area contributed by atoms with E-state index in [2.05, 4.69) is 18.3 Å². The predicted molar refractivity (Wildman–Crippen MR) is 110 cm³/mol. The third-order valence-electron chi connectivity index (χ3n) is 5.02. The highest BCUT2D eigenvalue weighted by Gasteiger charge is 2.30. The molecule has 0 saturated heterocycles. The number of nitrogens with one attached hydrogen (secondary N) is 1. The second kappa shape index (κ2) is 7.16. The molecule has 1 aromatic heterocycles. The van der Waals surface area contributed by atoms with Crippen LogP contribution in [0.4, 0.5) is 5.69 Å². The van der Waals surface area contributed by atoms with Crippen molar-refractivity contribution < 1.29 is 9.59 Å². The maximum atomic E-state index is 13.2. The average molecular weight is 378 g/mol. The molecule has 0 aliphatic heterocycles. The first-order valence-electron chi connectivity index (χ1n) is 9.15. The molecule has 0 radical (unpaired) electrons. The number of nitrogens with zero attached hydrogens (tertiary/aromatic N) is 1. The summed E-state index contributed by atoms with van der Waals surface area (Å²) in [6, 6.07) is 13.8. The summed E-state index contributed by atoms with van der Waals surface area (Å²) in [5, 5.41) is 7.03. The monoisotopic (exact) mass is 378 g/mol. The van der Waals surface area contributed by atoms with Crippen LogP contribution in [0.15, 0.2) is 47.8 Å². The highest BCUT2D eigenvalue weighted by Crippen LogP contribution is 2.32. The van der Waals surface area contributed by atoms with Crippen molar-refractivity contribution in [2.24, 2.45) is 5.92 Å². The van der Waals surface area contributed by atoms with E-state index >= 15 is 0 Å². The summed E-state index contributed by atoms with van der Waals surface area (Å²) in [5.41, 5.74) is 2.34. The fourth-order valence-electron chi connectivity index (χ4n) is 3.16. The van der Waals surface area contributed by atoms with Crippen LogP contribution in [0.2, 0.25) is 0 Å². The molecule has 1 fully saturated rings. The molecule has 1 N–H and O–H groups in total. The molecule has 138 valence electrons. The highest BCUT2D eigenvalue weighted by molar-refractivity contribution is 7.10. The molecular weight excluding hydrogens is 356 g/mol. The van der Waals surface area contributed by atoms with Gasteiger partial charge in [0, 0.05) is 17.8 Å². The number of amides is 2. The lowest BCUT2D eigenvalue weighted by atomic mass is 10.0. The van der Waals surface area contributed by atoms with Crippen LogP contribution in [-0.4, -0.2) is 23.8 Å². The Morgan fingerprint density at radius 1 is 1.15 bits per heavy atom. The minimum absolute atomic E-state index is 0.0103. The Balaban J connectivity index is 1.68. The molecular formula is C22H22N2O2S. The third-order valence-corrected chi connectivity index (χ3v) is 6.03. The van der Waals surface area contributed by atoms with E-state index in [1.54, 1.807) is 16.2 Å². The second-order valence-corrected chi connectivity index (χ2v) is 8.20. The summed E-state index contributed by atoms with van der Waals surface area (Å²) in [5.74, 6) is 0.0154. The van der Waals surface area contributed by atoms with Crippen LogP contribution in [0.25, 0.3) is 10.8 Å². The molecule has 1 heterocycles. The minimum Gasteiger partial charge on any atom is -0.336 e. The van der Waals surface area contributed by atoms with Crippen LogP contribution in [0.1, 0.15) is 33.6 Å². The fraction of sp³-hybridized carbons (Fsp3) is 0.273. The first-order valence-corrected chi connectivity index (χ1v) is 10.0. The van der Waals surface area contributed by atoms with Crippen molar-refractivity contribution in [2.75, 3.05) is 12.4 Å². The number of carbonyl (C=O) groups is 2. The third kappa shape index (κ3) is 3.74. The van der Waals surface area contributed by atoms with E-state index in [1.165, 1.54) is 10.4 Å². The lowest BCUT2D eigenvalue weighted by Gasteiger charge is -2.20. The molecule has 0 unspecified atom stereocenters. The number of hydrogen-bond acceptors (Lipinski definition) is 3. The van der Waals surface area contributed by atoms with Gasteiger partial charge in [-0.25, -0.2) is 0 Å². The van der Waals surface area contributed by atoms with E-state index in [0.29, 0.717) is 17.8 Å². The summed E-state index contributed by atoms with van der Waals surface area (Å²) in [6.07, 6.45) is 1.86. The van der Waals surface area contributed by atoms with Gasteiger partial charge in [-0.1, -0.05) is 24.3 Å². The van der Waals surface area contributed by atoms with Gasteiger partial charge in [-0.3, -0.25) is 9.59 Å². The Morgan fingerprint density at radius 2 is 1.85 bits per heavy atom. The molecule has 0 spiro atoms. The van der Waals surface area contributed by atoms with Gasteiger partial charge in [-0.15, -0.1) is 11.3 Å². The molecule has 4 rings (SSSR count). The fourth-order valence-corrected chi connectivity index (χ4v) is 4.12. The number of aryl methyl sites for hydroxylation is 1. The van der Waals surface area contributed by atoms with Crippen molar-refractivity contribution in [1.82, 2.24) is 4.90 Å². The number of anilines is 1. The van der Waals surface area contributed by atoms with E-state index in [-0.39, 0.29) is 17.7 Å². The maximum absolute atomic E-state index is 13.2. The maximum Gasteiger partial charge on any atom is 0.256 e. The minimum atomic E-state index is -0.0837. The Bertz CT molecular complexity index is 1020. The van der Waals surface area contributed by atoms with Gasteiger partial charge in [-0.2, -0.15) is 0 Å². The lowest BCUT2D eigenvalue weighted by molar-refractivity contribution is -0.117. The van der Waals surface area contributed by atoms with Gasteiger partial charge in [-0.05, 0) is 59.7 Å². The number of benzene rings is 2. The van der Waals surface area contributed by atoms with E-state index in [0.717, 1.165) is 23.6 Å². The van der Waals surface area contributed by atoms with Crippen LogP contribution in [-0.2, 0) is 11.3 Å². The summed E-state index contributed by atoms with van der Waals surface area (Å²) >= 11 is 1.66. The Hall–Kier alpha value is -2.66. The molecule has 4 nitrogen and oxygen atoms in total. The number of rotatable bonds is 5. The number of carbonyl (C=O) groups excluding carboxylic acids is 2. The molecule has 2 aromatic carbocycles. The lowest BCUT2D eigenvalue weighted by Crippen LogP contribution is -2.27. The highest BCUT2D eigenvalue weighted by atomic mass is 32.1. The second-order valence-electron chi connectivity index (χ2n) is 7.20. The molecule has 1 aliphatic carbocycles. The largest absolute Gasteiger partial charge is 0.336 e. The van der Waals surface area contributed by atoms with Gasteiger partial charge >= 0.3 is 0 Å². The Kier molecular flexibility index (Phi) is 4.70. The number of thiophene rings is 1. The molecule has 0 atom stereocenters. The van der Waals surface area contributed by atoms with Crippen molar-refractivity contribution in [3.8, 4) is 0 Å². The predicted octanol–water partition coefficient (Wildman–Crippen LogP) is 4.83. The molecule has 27 heavy (non-hydrogen) atoms. The van der Waals surface area contributed by atoms with Crippen molar-refractivity contribution >= 4 is 39.6 Å². The van der Waals surface area contributed by atoms with Crippen LogP contribution in [0.5, 0.6) is 0 Å². The molecule has 0 bridgehead atoms. The zero-order chi connectivity index (χ0) is 19.0. The number of fused-ring (bicyclic) bond motifs is 1. The van der Waals surface area contributed by atoms with E-state index in [4.69, 9.17) is 0 Å². The van der Waals surface area contributed by atoms with Gasteiger partial charge in [0.05, 0.1) is 17.8 Å². The van der Waals surface area contributed by atoms with Crippen LogP contribution in [0.3, 0.4) is 0 Å². The summed E-state index contributed by atoms with van der Waals surface area (Å²) in [6.45, 7) is 2.62. The van der Waals surface area contributed by atoms with Crippen LogP contribution >= 0.6 is 11.3 Å². The first kappa shape index (κ1) is 17.7. The number of hydrogen-bond donors (Lipinski definition) is 1. The van der Waals surface area contributed by atoms with Gasteiger partial charge in [0.2, 0.25) is 5.91 Å². The van der Waals surface area contributed by atoms with Gasteiger partial charge in [0.15, 0.2) is 0 Å². The Morgan fingerprint density at radius 3 is 2.48 bits per heavy atom. The molecule has 2 amide bonds. The van der Waals surface area contributed by atoms with Crippen molar-refractivity contribution in [2.45, 2.75) is 26.3 Å². The van der Waals surface area contributed by atoms with Gasteiger partial charge in [0.25, 0.3) is 5.91 Å². The molecule has 1 aliphatic rings. The topological polar surface area (TPSA) is 49.4 Å². The van der Waals surface area contributed by atoms with Gasteiger partial charge < -0.3 is 10.2 Å². The van der Waals surface area contributed by atoms with E-state index in [1.807, 2.05) is 48.8 Å². The standard InChI is InChI=1S/C22H22N2O2S/c1-14-9-10-27-20(14)13-24(2)22(26)18-11-16-5-3-4-6-17(16)12-19(18)23-21(25)15-7-8-15/h3-6,9-12,15H,7-8,13H2,1-2H3,(H,23,25). The zero-order valence-electron chi connectivity index (χ0n) is 15.5. The summed E-state index contributed by atoms with van der Waals surface area (Å²) < 4.78 is 0. The van der Waals surface area contributed by atoms with Crippen LogP contribution < -0.4 is 5.32 Å². The quantitative estimate of drug-likeness (QED) is 0.691. The Labute approximate surface area is 162 Å². The van der Waals surface area contributed by atoms with Crippen molar-refractivity contribution in [1.29, 1.82) is 0 Å². The average Bonchev–Trinajstić information content (AvgIpc) is 3.44. The first-order chi connectivity index (χ1) is 13.0. The van der Waals surface area contributed by atoms with Gasteiger partial charge in [0.1, 0.15) is 0 Å². The van der Waals surface area contributed by atoms with Crippen molar-refractivity contribution in [3.05, 3.63) is 63.8 Å². The van der Waals surface area contributed by atoms with E-state index < -0.39 is 0 Å². The normalized spacial score (nSPS) is 13.6. The van der Waals surface area contributed by atoms with E-state index in [9.17, 15) is 9.59 Å². The van der Waals surface area contributed by atoms with Crippen LogP contribution in [0, 0.1) is 12.8 Å². The molecule has 5 heteroatoms. The van der Waals surface area contributed by atoms with Crippen molar-refractivity contribution in [3.63, 3.8) is 0 Å².